The highest BCUT2D eigenvalue weighted by molar-refractivity contribution is 5.98. The van der Waals surface area contributed by atoms with E-state index in [0.717, 1.165) is 29.5 Å². The third kappa shape index (κ3) is 7.34. The second-order valence-electron chi connectivity index (χ2n) is 8.53. The Kier molecular flexibility index (Phi) is 9.30. The van der Waals surface area contributed by atoms with Crippen molar-refractivity contribution in [1.82, 2.24) is 5.32 Å². The van der Waals surface area contributed by atoms with Gasteiger partial charge in [0, 0.05) is 12.0 Å². The molecule has 0 bridgehead atoms. The molecule has 1 atom stereocenters. The summed E-state index contributed by atoms with van der Waals surface area (Å²) in [5, 5.41) is 12.2. The molecular weight excluding hydrogens is 442 g/mol. The molecule has 3 rings (SSSR count). The number of carbonyl (C=O) groups excluding carboxylic acids is 1. The van der Waals surface area contributed by atoms with Gasteiger partial charge in [-0.1, -0.05) is 55.8 Å². The maximum atomic E-state index is 12.9. The van der Waals surface area contributed by atoms with E-state index in [0.29, 0.717) is 23.7 Å². The van der Waals surface area contributed by atoms with Crippen molar-refractivity contribution in [1.29, 1.82) is 0 Å². The fourth-order valence-electron chi connectivity index (χ4n) is 3.75. The van der Waals surface area contributed by atoms with E-state index in [9.17, 15) is 14.7 Å². The average Bonchev–Trinajstić information content (AvgIpc) is 2.86. The zero-order chi connectivity index (χ0) is 25.2. The molecule has 0 aliphatic heterocycles. The Labute approximate surface area is 206 Å². The molecule has 2 N–H and O–H groups in total. The Hall–Kier alpha value is -3.80. The van der Waals surface area contributed by atoms with Crippen LogP contribution in [0, 0.1) is 13.8 Å². The Balaban J connectivity index is 1.60. The minimum absolute atomic E-state index is 0.145. The first kappa shape index (κ1) is 25.8. The first-order valence-corrected chi connectivity index (χ1v) is 11.9. The smallest absolute Gasteiger partial charge is 0.326 e. The summed E-state index contributed by atoms with van der Waals surface area (Å²) < 4.78 is 11.6. The first-order valence-electron chi connectivity index (χ1n) is 11.9. The van der Waals surface area contributed by atoms with Crippen LogP contribution in [0.3, 0.4) is 0 Å². The second kappa shape index (κ2) is 12.6. The Morgan fingerprint density at radius 3 is 2.23 bits per heavy atom. The fourth-order valence-corrected chi connectivity index (χ4v) is 3.75. The van der Waals surface area contributed by atoms with Gasteiger partial charge in [0.05, 0.1) is 6.61 Å². The largest absolute Gasteiger partial charge is 0.494 e. The Morgan fingerprint density at radius 2 is 1.57 bits per heavy atom. The van der Waals surface area contributed by atoms with Gasteiger partial charge in [0.15, 0.2) is 0 Å². The van der Waals surface area contributed by atoms with Crippen molar-refractivity contribution in [2.45, 2.75) is 52.7 Å². The van der Waals surface area contributed by atoms with Gasteiger partial charge in [-0.3, -0.25) is 4.79 Å². The van der Waals surface area contributed by atoms with Crippen molar-refractivity contribution in [2.75, 3.05) is 6.61 Å². The molecule has 6 nitrogen and oxygen atoms in total. The summed E-state index contributed by atoms with van der Waals surface area (Å²) in [5.74, 6) is -0.185. The second-order valence-corrected chi connectivity index (χ2v) is 8.53. The van der Waals surface area contributed by atoms with Gasteiger partial charge in [-0.25, -0.2) is 4.79 Å². The average molecular weight is 476 g/mol. The van der Waals surface area contributed by atoms with Crippen LogP contribution in [0.1, 0.15) is 52.4 Å². The number of aryl methyl sites for hydroxylation is 1. The molecule has 1 amide bonds. The number of ether oxygens (including phenoxy) is 2. The maximum absolute atomic E-state index is 12.9. The topological polar surface area (TPSA) is 84.9 Å². The number of hydrogen-bond donors (Lipinski definition) is 2. The summed E-state index contributed by atoms with van der Waals surface area (Å²) in [6.45, 7) is 6.50. The number of aliphatic carboxylic acids is 1. The summed E-state index contributed by atoms with van der Waals surface area (Å²) in [7, 11) is 0. The molecule has 1 unspecified atom stereocenters. The highest BCUT2D eigenvalue weighted by Gasteiger charge is 2.22. The van der Waals surface area contributed by atoms with Crippen LogP contribution in [0.15, 0.2) is 66.7 Å². The quantitative estimate of drug-likeness (QED) is 0.362. The number of carbonyl (C=O) groups is 2. The maximum Gasteiger partial charge on any atom is 0.326 e. The van der Waals surface area contributed by atoms with Gasteiger partial charge >= 0.3 is 5.97 Å². The van der Waals surface area contributed by atoms with E-state index in [2.05, 4.69) is 36.5 Å². The molecule has 35 heavy (non-hydrogen) atoms. The van der Waals surface area contributed by atoms with Crippen molar-refractivity contribution in [3.05, 3.63) is 94.5 Å². The fraction of sp³-hybridized carbons (Fsp3) is 0.310. The number of benzene rings is 3. The summed E-state index contributed by atoms with van der Waals surface area (Å²) in [5.41, 5.74) is 4.41. The minimum atomic E-state index is -1.10. The standard InChI is InChI=1S/C29H33NO5/c1-4-8-22-11-13-23(14-12-22)19-35-27-16-15-25(20(2)21(27)3)28(31)30-26(29(32)33)17-18-34-24-9-6-5-7-10-24/h5-7,9-16,26H,4,8,17-19H2,1-3H3,(H,30,31)(H,32,33). The molecule has 0 saturated heterocycles. The van der Waals surface area contributed by atoms with E-state index in [1.807, 2.05) is 32.0 Å². The number of carboxylic acids is 1. The van der Waals surface area contributed by atoms with E-state index < -0.39 is 17.9 Å². The van der Waals surface area contributed by atoms with Crippen molar-refractivity contribution in [3.63, 3.8) is 0 Å². The zero-order valence-corrected chi connectivity index (χ0v) is 20.5. The highest BCUT2D eigenvalue weighted by Crippen LogP contribution is 2.25. The Bertz CT molecular complexity index is 1130. The number of carboxylic acid groups (broad SMARTS) is 1. The number of rotatable bonds is 12. The lowest BCUT2D eigenvalue weighted by Crippen LogP contribution is -2.42. The van der Waals surface area contributed by atoms with Gasteiger partial charge in [0.25, 0.3) is 5.91 Å². The summed E-state index contributed by atoms with van der Waals surface area (Å²) in [6.07, 6.45) is 2.32. The molecule has 0 radical (unpaired) electrons. The van der Waals surface area contributed by atoms with Gasteiger partial charge in [-0.15, -0.1) is 0 Å². The molecule has 0 spiro atoms. The van der Waals surface area contributed by atoms with E-state index in [4.69, 9.17) is 9.47 Å². The van der Waals surface area contributed by atoms with Crippen molar-refractivity contribution in [3.8, 4) is 11.5 Å². The Morgan fingerprint density at radius 1 is 0.886 bits per heavy atom. The van der Waals surface area contributed by atoms with Crippen LogP contribution in [0.2, 0.25) is 0 Å². The third-order valence-corrected chi connectivity index (χ3v) is 5.96. The summed E-state index contributed by atoms with van der Waals surface area (Å²) >= 11 is 0. The molecule has 184 valence electrons. The molecule has 6 heteroatoms. The molecular formula is C29H33NO5. The molecule has 3 aromatic carbocycles. The van der Waals surface area contributed by atoms with Crippen LogP contribution in [0.4, 0.5) is 0 Å². The number of amides is 1. The van der Waals surface area contributed by atoms with Crippen LogP contribution in [-0.2, 0) is 17.8 Å². The van der Waals surface area contributed by atoms with E-state index >= 15 is 0 Å². The molecule has 0 fully saturated rings. The van der Waals surface area contributed by atoms with Gasteiger partial charge in [-0.2, -0.15) is 0 Å². The van der Waals surface area contributed by atoms with Gasteiger partial charge < -0.3 is 19.9 Å². The zero-order valence-electron chi connectivity index (χ0n) is 20.5. The third-order valence-electron chi connectivity index (χ3n) is 5.96. The lowest BCUT2D eigenvalue weighted by molar-refractivity contribution is -0.139. The van der Waals surface area contributed by atoms with Gasteiger partial charge in [0.2, 0.25) is 0 Å². The van der Waals surface area contributed by atoms with Crippen LogP contribution in [0.25, 0.3) is 0 Å². The molecule has 3 aromatic rings. The monoisotopic (exact) mass is 475 g/mol. The number of nitrogens with one attached hydrogen (secondary N) is 1. The van der Waals surface area contributed by atoms with Crippen LogP contribution < -0.4 is 14.8 Å². The lowest BCUT2D eigenvalue weighted by atomic mass is 10.0. The number of hydrogen-bond acceptors (Lipinski definition) is 4. The predicted octanol–water partition coefficient (Wildman–Crippen LogP) is 5.49. The van der Waals surface area contributed by atoms with Crippen molar-refractivity contribution in [2.24, 2.45) is 0 Å². The van der Waals surface area contributed by atoms with E-state index in [1.54, 1.807) is 24.3 Å². The first-order chi connectivity index (χ1) is 16.9. The van der Waals surface area contributed by atoms with Crippen LogP contribution in [0.5, 0.6) is 11.5 Å². The molecule has 0 aliphatic rings. The van der Waals surface area contributed by atoms with Gasteiger partial charge in [-0.05, 0) is 66.8 Å². The number of para-hydroxylation sites is 1. The van der Waals surface area contributed by atoms with Crippen molar-refractivity contribution >= 4 is 11.9 Å². The summed E-state index contributed by atoms with van der Waals surface area (Å²) in [6, 6.07) is 19.9. The van der Waals surface area contributed by atoms with Crippen molar-refractivity contribution < 1.29 is 24.2 Å². The summed E-state index contributed by atoms with van der Waals surface area (Å²) in [4.78, 5) is 24.6. The van der Waals surface area contributed by atoms with Gasteiger partial charge in [0.1, 0.15) is 24.1 Å². The lowest BCUT2D eigenvalue weighted by Gasteiger charge is -2.18. The van der Waals surface area contributed by atoms with E-state index in [1.165, 1.54) is 5.56 Å². The SMILES string of the molecule is CCCc1ccc(COc2ccc(C(=O)NC(CCOc3ccccc3)C(=O)O)c(C)c2C)cc1. The molecule has 0 heterocycles. The van der Waals surface area contributed by atoms with E-state index in [-0.39, 0.29) is 13.0 Å². The predicted molar refractivity (Wildman–Crippen MR) is 136 cm³/mol. The normalized spacial score (nSPS) is 11.5. The van der Waals surface area contributed by atoms with Crippen LogP contribution in [-0.4, -0.2) is 29.6 Å². The minimum Gasteiger partial charge on any atom is -0.494 e. The van der Waals surface area contributed by atoms with Crippen LogP contribution >= 0.6 is 0 Å². The molecule has 0 aromatic heterocycles. The molecule has 0 saturated carbocycles. The molecule has 0 aliphatic carbocycles. The highest BCUT2D eigenvalue weighted by atomic mass is 16.5.